The smallest absolute Gasteiger partial charge is 0.243 e. The fourth-order valence-electron chi connectivity index (χ4n) is 3.41. The van der Waals surface area contributed by atoms with Gasteiger partial charge in [0.15, 0.2) is 0 Å². The first kappa shape index (κ1) is 27.0. The molecule has 0 saturated heterocycles. The van der Waals surface area contributed by atoms with Crippen molar-refractivity contribution >= 4 is 35.0 Å². The molecule has 2 amide bonds. The van der Waals surface area contributed by atoms with E-state index in [-0.39, 0.29) is 30.8 Å². The second kappa shape index (κ2) is 13.5. The van der Waals surface area contributed by atoms with Crippen molar-refractivity contribution in [3.8, 4) is 5.75 Å². The summed E-state index contributed by atoms with van der Waals surface area (Å²) in [5, 5.41) is 3.95. The normalized spacial score (nSPS) is 12.7. The van der Waals surface area contributed by atoms with Crippen molar-refractivity contribution in [2.75, 3.05) is 6.61 Å². The van der Waals surface area contributed by atoms with Gasteiger partial charge in [0.25, 0.3) is 0 Å². The van der Waals surface area contributed by atoms with Crippen molar-refractivity contribution in [3.05, 3.63) is 63.6 Å². The molecule has 0 aliphatic heterocycles. The number of nitrogens with zero attached hydrogens (tertiary/aromatic N) is 1. The molecule has 2 aromatic rings. The van der Waals surface area contributed by atoms with E-state index in [0.29, 0.717) is 35.1 Å². The van der Waals surface area contributed by atoms with E-state index in [9.17, 15) is 9.59 Å². The summed E-state index contributed by atoms with van der Waals surface area (Å²) >= 11 is 12.8. The molecule has 0 unspecified atom stereocenters. The number of hydrogen-bond donors (Lipinski definition) is 1. The summed E-state index contributed by atoms with van der Waals surface area (Å²) in [6.45, 7) is 8.45. The zero-order valence-corrected chi connectivity index (χ0v) is 21.4. The van der Waals surface area contributed by atoms with E-state index in [1.807, 2.05) is 52.0 Å². The predicted molar refractivity (Wildman–Crippen MR) is 135 cm³/mol. The molecule has 2 rings (SSSR count). The Bertz CT molecular complexity index is 898. The third-order valence-electron chi connectivity index (χ3n) is 5.60. The number of hydrogen-bond acceptors (Lipinski definition) is 3. The summed E-state index contributed by atoms with van der Waals surface area (Å²) in [6, 6.07) is 12.4. The van der Waals surface area contributed by atoms with Gasteiger partial charge in [-0.3, -0.25) is 9.59 Å². The van der Waals surface area contributed by atoms with E-state index in [0.717, 1.165) is 17.7 Å². The van der Waals surface area contributed by atoms with Crippen LogP contribution in [0.5, 0.6) is 5.75 Å². The van der Waals surface area contributed by atoms with Crippen LogP contribution in [0.15, 0.2) is 42.5 Å². The Hall–Kier alpha value is -2.24. The number of carbonyl (C=O) groups is 2. The van der Waals surface area contributed by atoms with E-state index in [4.69, 9.17) is 27.9 Å². The molecule has 0 saturated carbocycles. The molecule has 7 heteroatoms. The second-order valence-corrected chi connectivity index (χ2v) is 9.04. The van der Waals surface area contributed by atoms with Crippen molar-refractivity contribution in [3.63, 3.8) is 0 Å². The number of nitrogens with one attached hydrogen (secondary N) is 1. The number of halogens is 2. The molecular formula is C26H34Cl2N2O3. The minimum atomic E-state index is -0.614. The topological polar surface area (TPSA) is 58.6 Å². The van der Waals surface area contributed by atoms with Crippen LogP contribution in [0.2, 0.25) is 10.0 Å². The van der Waals surface area contributed by atoms with Crippen LogP contribution in [0.1, 0.15) is 57.6 Å². The minimum absolute atomic E-state index is 0.0234. The Morgan fingerprint density at radius 2 is 1.67 bits per heavy atom. The molecule has 0 fully saturated rings. The van der Waals surface area contributed by atoms with Crippen LogP contribution in [0.25, 0.3) is 0 Å². The number of ether oxygens (including phenoxy) is 1. The highest BCUT2D eigenvalue weighted by Crippen LogP contribution is 2.27. The van der Waals surface area contributed by atoms with Crippen molar-refractivity contribution in [2.24, 2.45) is 0 Å². The molecule has 0 aliphatic carbocycles. The van der Waals surface area contributed by atoms with Crippen molar-refractivity contribution in [1.82, 2.24) is 10.2 Å². The monoisotopic (exact) mass is 492 g/mol. The van der Waals surface area contributed by atoms with Crippen LogP contribution in [0.3, 0.4) is 0 Å². The van der Waals surface area contributed by atoms with E-state index >= 15 is 0 Å². The van der Waals surface area contributed by atoms with E-state index in [2.05, 4.69) is 5.32 Å². The molecule has 2 atom stereocenters. The molecular weight excluding hydrogens is 459 g/mol. The SMILES string of the molecule is CC[C@H](C)NC(=O)[C@H](CC)N(Cc1c(Cl)cccc1Cl)C(=O)CCCOc1ccc(C)cc1. The van der Waals surface area contributed by atoms with Crippen LogP contribution >= 0.6 is 23.2 Å². The van der Waals surface area contributed by atoms with Gasteiger partial charge in [-0.05, 0) is 57.4 Å². The first-order valence-corrected chi connectivity index (χ1v) is 12.2. The van der Waals surface area contributed by atoms with Crippen molar-refractivity contribution in [2.45, 2.75) is 72.0 Å². The first-order valence-electron chi connectivity index (χ1n) is 11.5. The van der Waals surface area contributed by atoms with Gasteiger partial charge >= 0.3 is 0 Å². The van der Waals surface area contributed by atoms with Gasteiger partial charge in [0.2, 0.25) is 11.8 Å². The lowest BCUT2D eigenvalue weighted by molar-refractivity contribution is -0.141. The van der Waals surface area contributed by atoms with Crippen LogP contribution in [0, 0.1) is 6.92 Å². The number of aryl methyl sites for hydroxylation is 1. The third-order valence-corrected chi connectivity index (χ3v) is 6.31. The fraction of sp³-hybridized carbons (Fsp3) is 0.462. The molecule has 0 aromatic heterocycles. The van der Waals surface area contributed by atoms with Crippen molar-refractivity contribution in [1.29, 1.82) is 0 Å². The number of rotatable bonds is 12. The maximum absolute atomic E-state index is 13.3. The van der Waals surface area contributed by atoms with Crippen LogP contribution in [0.4, 0.5) is 0 Å². The summed E-state index contributed by atoms with van der Waals surface area (Å²) in [5.74, 6) is 0.469. The average molecular weight is 493 g/mol. The number of amides is 2. The molecule has 0 heterocycles. The molecule has 0 bridgehead atoms. The standard InChI is InChI=1S/C26H34Cl2N2O3/c1-5-19(4)29-26(32)24(6-2)30(17-21-22(27)9-7-10-23(21)28)25(31)11-8-16-33-20-14-12-18(3)13-15-20/h7,9-10,12-15,19,24H,5-6,8,11,16-17H2,1-4H3,(H,29,32)/t19-,24-/m0/s1. The molecule has 1 N–H and O–H groups in total. The molecule has 180 valence electrons. The van der Waals surface area contributed by atoms with Gasteiger partial charge in [-0.1, -0.05) is 60.8 Å². The highest BCUT2D eigenvalue weighted by atomic mass is 35.5. The molecule has 0 radical (unpaired) electrons. The fourth-order valence-corrected chi connectivity index (χ4v) is 3.92. The van der Waals surface area contributed by atoms with Gasteiger partial charge in [0, 0.05) is 34.6 Å². The minimum Gasteiger partial charge on any atom is -0.494 e. The number of carbonyl (C=O) groups excluding carboxylic acids is 2. The highest BCUT2D eigenvalue weighted by Gasteiger charge is 2.30. The Labute approximate surface area is 207 Å². The van der Waals surface area contributed by atoms with Gasteiger partial charge in [0.05, 0.1) is 6.61 Å². The lowest BCUT2D eigenvalue weighted by Gasteiger charge is -2.32. The highest BCUT2D eigenvalue weighted by molar-refractivity contribution is 6.36. The summed E-state index contributed by atoms with van der Waals surface area (Å²) in [4.78, 5) is 27.9. The van der Waals surface area contributed by atoms with Crippen molar-refractivity contribution < 1.29 is 14.3 Å². The maximum atomic E-state index is 13.3. The molecule has 33 heavy (non-hydrogen) atoms. The van der Waals surface area contributed by atoms with Gasteiger partial charge in [-0.25, -0.2) is 0 Å². The van der Waals surface area contributed by atoms with E-state index in [1.165, 1.54) is 0 Å². The first-order chi connectivity index (χ1) is 15.8. The zero-order valence-electron chi connectivity index (χ0n) is 19.9. The summed E-state index contributed by atoms with van der Waals surface area (Å²) in [6.07, 6.45) is 2.07. The van der Waals surface area contributed by atoms with Gasteiger partial charge in [-0.2, -0.15) is 0 Å². The lowest BCUT2D eigenvalue weighted by Crippen LogP contribution is -2.50. The summed E-state index contributed by atoms with van der Waals surface area (Å²) < 4.78 is 5.76. The predicted octanol–water partition coefficient (Wildman–Crippen LogP) is 6.18. The molecule has 5 nitrogen and oxygen atoms in total. The van der Waals surface area contributed by atoms with E-state index < -0.39 is 6.04 Å². The van der Waals surface area contributed by atoms with Crippen LogP contribution in [-0.4, -0.2) is 35.4 Å². The lowest BCUT2D eigenvalue weighted by atomic mass is 10.1. The summed E-state index contributed by atoms with van der Waals surface area (Å²) in [5.41, 5.74) is 1.80. The van der Waals surface area contributed by atoms with E-state index in [1.54, 1.807) is 23.1 Å². The third kappa shape index (κ3) is 8.24. The Morgan fingerprint density at radius 1 is 1.03 bits per heavy atom. The van der Waals surface area contributed by atoms with Gasteiger partial charge < -0.3 is 15.0 Å². The Kier molecular flexibility index (Phi) is 11.0. The van der Waals surface area contributed by atoms with Crippen LogP contribution < -0.4 is 10.1 Å². The second-order valence-electron chi connectivity index (χ2n) is 8.23. The Balaban J connectivity index is 2.13. The largest absolute Gasteiger partial charge is 0.494 e. The summed E-state index contributed by atoms with van der Waals surface area (Å²) in [7, 11) is 0. The van der Waals surface area contributed by atoms with Gasteiger partial charge in [-0.15, -0.1) is 0 Å². The average Bonchev–Trinajstić information content (AvgIpc) is 2.79. The number of benzene rings is 2. The van der Waals surface area contributed by atoms with Gasteiger partial charge in [0.1, 0.15) is 11.8 Å². The molecule has 0 aliphatic rings. The zero-order chi connectivity index (χ0) is 24.4. The molecule has 0 spiro atoms. The van der Waals surface area contributed by atoms with Crippen LogP contribution in [-0.2, 0) is 16.1 Å². The Morgan fingerprint density at radius 3 is 2.24 bits per heavy atom. The quantitative estimate of drug-likeness (QED) is 0.359. The molecule has 2 aromatic carbocycles. The maximum Gasteiger partial charge on any atom is 0.243 e.